The number of sulfonamides is 1. The molecule has 1 heterocycles. The first-order valence-electron chi connectivity index (χ1n) is 8.67. The molecular weight excluding hydrogens is 368 g/mol. The zero-order valence-corrected chi connectivity index (χ0v) is 16.1. The molecule has 7 nitrogen and oxygen atoms in total. The van der Waals surface area contributed by atoms with Gasteiger partial charge < -0.3 is 9.64 Å². The molecule has 2 aromatic rings. The molecule has 0 atom stereocenters. The summed E-state index contributed by atoms with van der Waals surface area (Å²) in [6, 6.07) is 11.1. The van der Waals surface area contributed by atoms with Crippen molar-refractivity contribution in [2.75, 3.05) is 26.5 Å². The number of carbonyl (C=O) groups is 2. The third-order valence-electron chi connectivity index (χ3n) is 4.77. The van der Waals surface area contributed by atoms with Gasteiger partial charge in [0.1, 0.15) is 5.75 Å². The average molecular weight is 390 g/mol. The zero-order valence-electron chi connectivity index (χ0n) is 15.3. The summed E-state index contributed by atoms with van der Waals surface area (Å²) in [4.78, 5) is 26.7. The van der Waals surface area contributed by atoms with Gasteiger partial charge in [-0.15, -0.1) is 0 Å². The monoisotopic (exact) mass is 390 g/mol. The van der Waals surface area contributed by atoms with E-state index in [1.807, 2.05) is 29.0 Å². The topological polar surface area (TPSA) is 92.8 Å². The lowest BCUT2D eigenvalue weighted by Gasteiger charge is -2.31. The first-order valence-corrected chi connectivity index (χ1v) is 10.6. The molecule has 0 radical (unpaired) electrons. The molecule has 0 aliphatic carbocycles. The molecule has 2 amide bonds. The first kappa shape index (κ1) is 19.2. The van der Waals surface area contributed by atoms with Crippen molar-refractivity contribution in [1.29, 1.82) is 0 Å². The molecule has 1 fully saturated rings. The minimum absolute atomic E-state index is 0.101. The van der Waals surface area contributed by atoms with Crippen LogP contribution in [-0.2, 0) is 14.8 Å². The van der Waals surface area contributed by atoms with E-state index in [9.17, 15) is 18.0 Å². The van der Waals surface area contributed by atoms with E-state index in [2.05, 4.69) is 0 Å². The number of carbonyl (C=O) groups excluding carboxylic acids is 2. The lowest BCUT2D eigenvalue weighted by molar-refractivity contribution is -0.124. The Morgan fingerprint density at radius 3 is 2.30 bits per heavy atom. The molecule has 3 rings (SSSR count). The third kappa shape index (κ3) is 4.21. The van der Waals surface area contributed by atoms with Crippen molar-refractivity contribution < 1.29 is 22.7 Å². The van der Waals surface area contributed by atoms with Gasteiger partial charge in [0.2, 0.25) is 15.9 Å². The molecule has 27 heavy (non-hydrogen) atoms. The Kier molecular flexibility index (Phi) is 5.36. The van der Waals surface area contributed by atoms with Crippen LogP contribution < -0.4 is 9.46 Å². The molecule has 1 N–H and O–H groups in total. The van der Waals surface area contributed by atoms with E-state index in [0.29, 0.717) is 37.2 Å². The lowest BCUT2D eigenvalue weighted by atomic mass is 9.95. The van der Waals surface area contributed by atoms with Crippen LogP contribution in [0.2, 0.25) is 0 Å². The molecular formula is C19H22N2O5S. The van der Waals surface area contributed by atoms with Crippen molar-refractivity contribution in [3.05, 3.63) is 42.0 Å². The Bertz CT molecular complexity index is 979. The molecule has 8 heteroatoms. The van der Waals surface area contributed by atoms with E-state index in [4.69, 9.17) is 4.74 Å². The molecule has 1 aliphatic heterocycles. The van der Waals surface area contributed by atoms with Crippen molar-refractivity contribution >= 4 is 32.6 Å². The maximum atomic E-state index is 13.0. The van der Waals surface area contributed by atoms with Gasteiger partial charge in [0.25, 0.3) is 5.91 Å². The van der Waals surface area contributed by atoms with Gasteiger partial charge in [-0.3, -0.25) is 14.3 Å². The molecule has 1 aliphatic rings. The fraction of sp³-hybridized carbons (Fsp3) is 0.368. The standard InChI is InChI=1S/C19H22N2O5S/c1-26-17-8-7-16(14-5-3-4-6-15(14)17)19(23)21-11-9-13(10-12-21)18(22)20-27(2,24)25/h3-8,13H,9-12H2,1-2H3,(H,20,22). The van der Waals surface area contributed by atoms with Gasteiger partial charge in [-0.2, -0.15) is 0 Å². The number of hydrogen-bond acceptors (Lipinski definition) is 5. The fourth-order valence-corrected chi connectivity index (χ4v) is 3.95. The quantitative estimate of drug-likeness (QED) is 0.859. The third-order valence-corrected chi connectivity index (χ3v) is 5.35. The lowest BCUT2D eigenvalue weighted by Crippen LogP contribution is -2.44. The highest BCUT2D eigenvalue weighted by atomic mass is 32.2. The number of benzene rings is 2. The Labute approximate surface area is 158 Å². The van der Waals surface area contributed by atoms with E-state index < -0.39 is 21.8 Å². The predicted molar refractivity (Wildman–Crippen MR) is 102 cm³/mol. The number of hydrogen-bond donors (Lipinski definition) is 1. The smallest absolute Gasteiger partial charge is 0.254 e. The summed E-state index contributed by atoms with van der Waals surface area (Å²) in [5.74, 6) is -0.301. The van der Waals surface area contributed by atoms with Gasteiger partial charge in [-0.05, 0) is 30.4 Å². The van der Waals surface area contributed by atoms with E-state index in [-0.39, 0.29) is 5.91 Å². The van der Waals surface area contributed by atoms with Crippen LogP contribution in [-0.4, -0.2) is 51.6 Å². The van der Waals surface area contributed by atoms with Gasteiger partial charge in [0, 0.05) is 30.0 Å². The summed E-state index contributed by atoms with van der Waals surface area (Å²) in [6.45, 7) is 0.808. The van der Waals surface area contributed by atoms with Crippen molar-refractivity contribution in [3.8, 4) is 5.75 Å². The van der Waals surface area contributed by atoms with Crippen LogP contribution in [0.25, 0.3) is 10.8 Å². The summed E-state index contributed by atoms with van der Waals surface area (Å²) in [5, 5.41) is 1.69. The molecule has 0 aromatic heterocycles. The number of methoxy groups -OCH3 is 1. The number of nitrogens with zero attached hydrogens (tertiary/aromatic N) is 1. The second kappa shape index (κ2) is 7.56. The average Bonchev–Trinajstić information content (AvgIpc) is 2.65. The maximum absolute atomic E-state index is 13.0. The summed E-state index contributed by atoms with van der Waals surface area (Å²) >= 11 is 0. The number of rotatable bonds is 4. The molecule has 1 saturated heterocycles. The van der Waals surface area contributed by atoms with Gasteiger partial charge in [0.05, 0.1) is 13.4 Å². The van der Waals surface area contributed by atoms with Crippen molar-refractivity contribution in [3.63, 3.8) is 0 Å². The van der Waals surface area contributed by atoms with E-state index in [1.165, 1.54) is 0 Å². The van der Waals surface area contributed by atoms with Gasteiger partial charge in [0.15, 0.2) is 0 Å². The summed E-state index contributed by atoms with van der Waals surface area (Å²) < 4.78 is 29.8. The second-order valence-corrected chi connectivity index (χ2v) is 8.41. The van der Waals surface area contributed by atoms with E-state index >= 15 is 0 Å². The van der Waals surface area contributed by atoms with Crippen molar-refractivity contribution in [2.45, 2.75) is 12.8 Å². The summed E-state index contributed by atoms with van der Waals surface area (Å²) in [5.41, 5.74) is 0.588. The summed E-state index contributed by atoms with van der Waals surface area (Å²) in [6.07, 6.45) is 1.82. The zero-order chi connectivity index (χ0) is 19.6. The van der Waals surface area contributed by atoms with Crippen LogP contribution >= 0.6 is 0 Å². The van der Waals surface area contributed by atoms with Gasteiger partial charge in [-0.1, -0.05) is 24.3 Å². The molecule has 0 saturated carbocycles. The Morgan fingerprint density at radius 2 is 1.70 bits per heavy atom. The maximum Gasteiger partial charge on any atom is 0.254 e. The van der Waals surface area contributed by atoms with Crippen LogP contribution in [0.1, 0.15) is 23.2 Å². The Morgan fingerprint density at radius 1 is 1.07 bits per heavy atom. The number of ether oxygens (including phenoxy) is 1. The number of piperidine rings is 1. The van der Waals surface area contributed by atoms with Crippen LogP contribution in [0.3, 0.4) is 0 Å². The van der Waals surface area contributed by atoms with Crippen LogP contribution in [0.5, 0.6) is 5.75 Å². The molecule has 2 aromatic carbocycles. The number of amides is 2. The molecule has 0 unspecified atom stereocenters. The number of fused-ring (bicyclic) bond motifs is 1. The van der Waals surface area contributed by atoms with Crippen molar-refractivity contribution in [1.82, 2.24) is 9.62 Å². The van der Waals surface area contributed by atoms with Crippen LogP contribution in [0.15, 0.2) is 36.4 Å². The van der Waals surface area contributed by atoms with Crippen molar-refractivity contribution in [2.24, 2.45) is 5.92 Å². The highest BCUT2D eigenvalue weighted by molar-refractivity contribution is 7.89. The minimum Gasteiger partial charge on any atom is -0.496 e. The van der Waals surface area contributed by atoms with Gasteiger partial charge >= 0.3 is 0 Å². The number of nitrogens with one attached hydrogen (secondary N) is 1. The summed E-state index contributed by atoms with van der Waals surface area (Å²) in [7, 11) is -1.98. The Hall–Kier alpha value is -2.61. The van der Waals surface area contributed by atoms with E-state index in [0.717, 1.165) is 17.0 Å². The SMILES string of the molecule is COc1ccc(C(=O)N2CCC(C(=O)NS(C)(=O)=O)CC2)c2ccccc12. The number of likely N-dealkylation sites (tertiary alicyclic amines) is 1. The van der Waals surface area contributed by atoms with Crippen LogP contribution in [0.4, 0.5) is 0 Å². The van der Waals surface area contributed by atoms with Gasteiger partial charge in [-0.25, -0.2) is 8.42 Å². The first-order chi connectivity index (χ1) is 12.8. The normalized spacial score (nSPS) is 15.6. The van der Waals surface area contributed by atoms with Crippen LogP contribution in [0, 0.1) is 5.92 Å². The molecule has 144 valence electrons. The molecule has 0 spiro atoms. The highest BCUT2D eigenvalue weighted by Crippen LogP contribution is 2.30. The largest absolute Gasteiger partial charge is 0.496 e. The minimum atomic E-state index is -3.57. The fourth-order valence-electron chi connectivity index (χ4n) is 3.42. The highest BCUT2D eigenvalue weighted by Gasteiger charge is 2.29. The predicted octanol–water partition coefficient (Wildman–Crippen LogP) is 1.78. The van der Waals surface area contributed by atoms with E-state index in [1.54, 1.807) is 24.1 Å². The molecule has 0 bridgehead atoms. The second-order valence-electron chi connectivity index (χ2n) is 6.67. The Balaban J connectivity index is 1.75.